The number of para-hydroxylation sites is 2. The molecule has 3 aromatic rings. The van der Waals surface area contributed by atoms with Gasteiger partial charge in [0.2, 0.25) is 11.1 Å². The molecule has 0 saturated carbocycles. The van der Waals surface area contributed by atoms with Gasteiger partial charge in [-0.05, 0) is 38.1 Å². The van der Waals surface area contributed by atoms with E-state index in [2.05, 4.69) is 5.10 Å². The van der Waals surface area contributed by atoms with Crippen LogP contribution in [0.3, 0.4) is 0 Å². The highest BCUT2D eigenvalue weighted by atomic mass is 16.5. The summed E-state index contributed by atoms with van der Waals surface area (Å²) >= 11 is 0. The largest absolute Gasteiger partial charge is 0.451 e. The SMILES string of the molecule is CCN(C(=O)COC(=O)c1nn(-c2ccccc2)c(C)cc1=O)c1ccccc1. The maximum atomic E-state index is 12.5. The summed E-state index contributed by atoms with van der Waals surface area (Å²) in [5.74, 6) is -1.32. The van der Waals surface area contributed by atoms with E-state index in [9.17, 15) is 14.4 Å². The molecule has 2 aromatic carbocycles. The lowest BCUT2D eigenvalue weighted by atomic mass is 10.3. The van der Waals surface area contributed by atoms with Crippen molar-refractivity contribution in [3.8, 4) is 5.69 Å². The van der Waals surface area contributed by atoms with Crippen molar-refractivity contribution in [3.05, 3.63) is 88.3 Å². The zero-order valence-electron chi connectivity index (χ0n) is 16.2. The van der Waals surface area contributed by atoms with Crippen molar-refractivity contribution < 1.29 is 14.3 Å². The van der Waals surface area contributed by atoms with Crippen LogP contribution in [0, 0.1) is 6.92 Å². The lowest BCUT2D eigenvalue weighted by Gasteiger charge is -2.20. The Morgan fingerprint density at radius 1 is 1.03 bits per heavy atom. The normalized spacial score (nSPS) is 10.4. The van der Waals surface area contributed by atoms with E-state index in [1.807, 2.05) is 55.5 Å². The highest BCUT2D eigenvalue weighted by Gasteiger charge is 2.20. The molecule has 0 spiro atoms. The summed E-state index contributed by atoms with van der Waals surface area (Å²) in [6.07, 6.45) is 0. The van der Waals surface area contributed by atoms with E-state index in [1.165, 1.54) is 15.6 Å². The molecule has 7 heteroatoms. The zero-order valence-corrected chi connectivity index (χ0v) is 16.2. The summed E-state index contributed by atoms with van der Waals surface area (Å²) in [5.41, 5.74) is 1.07. The minimum absolute atomic E-state index is 0.366. The number of carbonyl (C=O) groups excluding carboxylic acids is 2. The molecule has 1 amide bonds. The molecule has 0 fully saturated rings. The number of hydrogen-bond donors (Lipinski definition) is 0. The van der Waals surface area contributed by atoms with Gasteiger partial charge in [-0.25, -0.2) is 9.48 Å². The molecular formula is C22H21N3O4. The number of ether oxygens (including phenoxy) is 1. The van der Waals surface area contributed by atoms with E-state index in [4.69, 9.17) is 4.74 Å². The Labute approximate surface area is 168 Å². The van der Waals surface area contributed by atoms with Crippen molar-refractivity contribution in [1.82, 2.24) is 9.78 Å². The van der Waals surface area contributed by atoms with Crippen LogP contribution < -0.4 is 10.3 Å². The van der Waals surface area contributed by atoms with E-state index in [1.54, 1.807) is 19.1 Å². The van der Waals surface area contributed by atoms with E-state index < -0.39 is 18.0 Å². The van der Waals surface area contributed by atoms with Gasteiger partial charge in [-0.2, -0.15) is 5.10 Å². The number of amides is 1. The van der Waals surface area contributed by atoms with Crippen molar-refractivity contribution in [1.29, 1.82) is 0 Å². The van der Waals surface area contributed by atoms with Crippen molar-refractivity contribution in [3.63, 3.8) is 0 Å². The van der Waals surface area contributed by atoms with Crippen LogP contribution in [0.15, 0.2) is 71.5 Å². The van der Waals surface area contributed by atoms with Crippen LogP contribution in [0.5, 0.6) is 0 Å². The molecule has 148 valence electrons. The summed E-state index contributed by atoms with van der Waals surface area (Å²) < 4.78 is 6.59. The maximum Gasteiger partial charge on any atom is 0.363 e. The lowest BCUT2D eigenvalue weighted by Crippen LogP contribution is -2.35. The molecule has 0 radical (unpaired) electrons. The third kappa shape index (κ3) is 4.57. The minimum atomic E-state index is -0.933. The van der Waals surface area contributed by atoms with Crippen LogP contribution in [0.2, 0.25) is 0 Å². The summed E-state index contributed by atoms with van der Waals surface area (Å²) in [7, 11) is 0. The highest BCUT2D eigenvalue weighted by molar-refractivity contribution is 5.96. The molecule has 3 rings (SSSR count). The first-order chi connectivity index (χ1) is 14.0. The first-order valence-electron chi connectivity index (χ1n) is 9.20. The van der Waals surface area contributed by atoms with E-state index in [0.29, 0.717) is 23.6 Å². The molecule has 0 aliphatic rings. The van der Waals surface area contributed by atoms with Gasteiger partial charge in [0.1, 0.15) is 0 Å². The van der Waals surface area contributed by atoms with Gasteiger partial charge in [0.25, 0.3) is 5.91 Å². The molecule has 0 unspecified atom stereocenters. The second-order valence-corrected chi connectivity index (χ2v) is 6.30. The fourth-order valence-corrected chi connectivity index (χ4v) is 2.90. The Morgan fingerprint density at radius 3 is 2.28 bits per heavy atom. The first kappa shape index (κ1) is 20.0. The Kier molecular flexibility index (Phi) is 6.19. The number of aryl methyl sites for hydroxylation is 1. The van der Waals surface area contributed by atoms with E-state index in [-0.39, 0.29) is 11.6 Å². The molecule has 0 aliphatic heterocycles. The lowest BCUT2D eigenvalue weighted by molar-refractivity contribution is -0.121. The van der Waals surface area contributed by atoms with Gasteiger partial charge in [-0.3, -0.25) is 9.59 Å². The van der Waals surface area contributed by atoms with Gasteiger partial charge in [0.15, 0.2) is 6.61 Å². The molecule has 0 N–H and O–H groups in total. The van der Waals surface area contributed by atoms with Gasteiger partial charge < -0.3 is 9.64 Å². The predicted octanol–water partition coefficient (Wildman–Crippen LogP) is 2.75. The fraction of sp³-hybridized carbons (Fsp3) is 0.182. The molecule has 0 saturated heterocycles. The van der Waals surface area contributed by atoms with Crippen molar-refractivity contribution >= 4 is 17.6 Å². The second-order valence-electron chi connectivity index (χ2n) is 6.30. The number of benzene rings is 2. The summed E-state index contributed by atoms with van der Waals surface area (Å²) in [4.78, 5) is 38.7. The van der Waals surface area contributed by atoms with Crippen LogP contribution >= 0.6 is 0 Å². The molecule has 1 aromatic heterocycles. The molecule has 0 atom stereocenters. The Morgan fingerprint density at radius 2 is 1.66 bits per heavy atom. The fourth-order valence-electron chi connectivity index (χ4n) is 2.90. The Balaban J connectivity index is 1.77. The van der Waals surface area contributed by atoms with Crippen LogP contribution in [0.4, 0.5) is 5.69 Å². The predicted molar refractivity (Wildman–Crippen MR) is 109 cm³/mol. The summed E-state index contributed by atoms with van der Waals surface area (Å²) in [6, 6.07) is 19.5. The van der Waals surface area contributed by atoms with Gasteiger partial charge in [0.05, 0.1) is 5.69 Å². The number of aromatic nitrogens is 2. The number of carbonyl (C=O) groups is 2. The number of anilines is 1. The molecule has 0 aliphatic carbocycles. The maximum absolute atomic E-state index is 12.5. The summed E-state index contributed by atoms with van der Waals surface area (Å²) in [6.45, 7) is 3.48. The van der Waals surface area contributed by atoms with Crippen LogP contribution in [-0.4, -0.2) is 34.8 Å². The molecule has 7 nitrogen and oxygen atoms in total. The molecule has 0 bridgehead atoms. The van der Waals surface area contributed by atoms with Gasteiger partial charge in [0, 0.05) is 24.0 Å². The first-order valence-corrected chi connectivity index (χ1v) is 9.20. The highest BCUT2D eigenvalue weighted by Crippen LogP contribution is 2.13. The Hall–Kier alpha value is -3.74. The van der Waals surface area contributed by atoms with Crippen molar-refractivity contribution in [2.75, 3.05) is 18.1 Å². The van der Waals surface area contributed by atoms with E-state index >= 15 is 0 Å². The number of likely N-dealkylation sites (N-methyl/N-ethyl adjacent to an activating group) is 1. The third-order valence-corrected chi connectivity index (χ3v) is 4.31. The van der Waals surface area contributed by atoms with Crippen molar-refractivity contribution in [2.45, 2.75) is 13.8 Å². The average Bonchev–Trinajstić information content (AvgIpc) is 2.74. The minimum Gasteiger partial charge on any atom is -0.451 e. The molecule has 1 heterocycles. The van der Waals surface area contributed by atoms with Gasteiger partial charge >= 0.3 is 5.97 Å². The monoisotopic (exact) mass is 391 g/mol. The number of rotatable bonds is 6. The summed E-state index contributed by atoms with van der Waals surface area (Å²) in [5, 5.41) is 4.15. The number of nitrogens with zero attached hydrogens (tertiary/aromatic N) is 3. The number of hydrogen-bond acceptors (Lipinski definition) is 5. The van der Waals surface area contributed by atoms with E-state index in [0.717, 1.165) is 0 Å². The van der Waals surface area contributed by atoms with Crippen LogP contribution in [0.25, 0.3) is 5.69 Å². The average molecular weight is 391 g/mol. The van der Waals surface area contributed by atoms with Crippen molar-refractivity contribution in [2.24, 2.45) is 0 Å². The third-order valence-electron chi connectivity index (χ3n) is 4.31. The smallest absolute Gasteiger partial charge is 0.363 e. The Bertz CT molecular complexity index is 1060. The van der Waals surface area contributed by atoms with Crippen LogP contribution in [0.1, 0.15) is 23.1 Å². The van der Waals surface area contributed by atoms with Gasteiger partial charge in [-0.1, -0.05) is 36.4 Å². The standard InChI is InChI=1S/C22H21N3O4/c1-3-24(17-10-6-4-7-11-17)20(27)15-29-22(28)21-19(26)14-16(2)25(23-21)18-12-8-5-9-13-18/h4-14H,3,15H2,1-2H3. The second kappa shape index (κ2) is 8.97. The molecular weight excluding hydrogens is 370 g/mol. The topological polar surface area (TPSA) is 81.5 Å². The number of esters is 1. The zero-order chi connectivity index (χ0) is 20.8. The van der Waals surface area contributed by atoms with Gasteiger partial charge in [-0.15, -0.1) is 0 Å². The molecule has 29 heavy (non-hydrogen) atoms. The quantitative estimate of drug-likeness (QED) is 0.604. The van der Waals surface area contributed by atoms with Crippen LogP contribution in [-0.2, 0) is 9.53 Å².